The summed E-state index contributed by atoms with van der Waals surface area (Å²) in [6.45, 7) is 14.1. The van der Waals surface area contributed by atoms with Gasteiger partial charge in [0.15, 0.2) is 0 Å². The molecule has 0 nitrogen and oxygen atoms in total. The zero-order valence-electron chi connectivity index (χ0n) is 18.1. The Morgan fingerprint density at radius 1 is 0.704 bits per heavy atom. The number of halogens is 2. The topological polar surface area (TPSA) is 0 Å². The molecule has 0 radical (unpaired) electrons. The van der Waals surface area contributed by atoms with Crippen molar-refractivity contribution in [2.75, 3.05) is 0 Å². The van der Waals surface area contributed by atoms with E-state index in [0.717, 1.165) is 12.8 Å². The van der Waals surface area contributed by atoms with Crippen molar-refractivity contribution in [2.24, 2.45) is 0 Å². The molecule has 0 atom stereocenters. The van der Waals surface area contributed by atoms with Crippen molar-refractivity contribution in [3.63, 3.8) is 0 Å². The van der Waals surface area contributed by atoms with Crippen LogP contribution in [0.25, 0.3) is 0 Å². The molecule has 0 bridgehead atoms. The van der Waals surface area contributed by atoms with Crippen LogP contribution in [-0.4, -0.2) is 16.1 Å². The Kier molecular flexibility index (Phi) is 15.9. The van der Waals surface area contributed by atoms with Gasteiger partial charge in [-0.15, -0.1) is 12.8 Å². The van der Waals surface area contributed by atoms with E-state index in [1.165, 1.54) is 36.3 Å². The molecule has 2 aliphatic rings. The number of rotatable bonds is 8. The van der Waals surface area contributed by atoms with E-state index in [1.807, 2.05) is 0 Å². The van der Waals surface area contributed by atoms with Gasteiger partial charge in [-0.05, 0) is 0 Å². The fraction of sp³-hybridized carbons (Fsp3) is 0.636. The molecule has 2 rings (SSSR count). The third kappa shape index (κ3) is 8.13. The molecular formula is C22H38Cl2MoSi2-2. The summed E-state index contributed by atoms with van der Waals surface area (Å²) < 4.78 is 0. The molecule has 0 N–H and O–H groups in total. The van der Waals surface area contributed by atoms with Gasteiger partial charge in [0.05, 0.1) is 0 Å². The summed E-state index contributed by atoms with van der Waals surface area (Å²) in [4.78, 5) is 0. The van der Waals surface area contributed by atoms with E-state index in [2.05, 4.69) is 78.0 Å². The van der Waals surface area contributed by atoms with Gasteiger partial charge in [0.25, 0.3) is 0 Å². The van der Waals surface area contributed by atoms with Crippen LogP contribution in [0.1, 0.15) is 54.4 Å². The molecule has 0 aliphatic heterocycles. The van der Waals surface area contributed by atoms with Crippen molar-refractivity contribution < 1.29 is 16.5 Å². The summed E-state index contributed by atoms with van der Waals surface area (Å²) in [5, 5.41) is 3.19. The number of allylic oxidation sites excluding steroid dienone is 8. The molecule has 5 heteroatoms. The van der Waals surface area contributed by atoms with Crippen LogP contribution < -0.4 is 0 Å². The Bertz CT molecular complexity index is 454. The normalized spacial score (nSPS) is 15.6. The van der Waals surface area contributed by atoms with Crippen LogP contribution in [0.3, 0.4) is 0 Å². The van der Waals surface area contributed by atoms with Crippen molar-refractivity contribution >= 4 is 35.0 Å². The van der Waals surface area contributed by atoms with Gasteiger partial charge in [0.2, 0.25) is 0 Å². The maximum absolute atomic E-state index is 4.89. The summed E-state index contributed by atoms with van der Waals surface area (Å²) in [5.74, 6) is 0. The van der Waals surface area contributed by atoms with Gasteiger partial charge in [-0.1, -0.05) is 77.8 Å². The Balaban J connectivity index is 0.000000438. The van der Waals surface area contributed by atoms with E-state index in [9.17, 15) is 0 Å². The first kappa shape index (κ1) is 27.7. The summed E-state index contributed by atoms with van der Waals surface area (Å²) >= 11 is -0.586. The van der Waals surface area contributed by atoms with Crippen LogP contribution >= 0.6 is 18.8 Å². The quantitative estimate of drug-likeness (QED) is 0.219. The van der Waals surface area contributed by atoms with E-state index < -0.39 is 32.6 Å². The number of hydrogen-bond acceptors (Lipinski definition) is 0. The molecular weight excluding hydrogens is 487 g/mol. The van der Waals surface area contributed by atoms with Crippen molar-refractivity contribution in [1.82, 2.24) is 0 Å². The van der Waals surface area contributed by atoms with Gasteiger partial charge >= 0.3 is 35.3 Å². The Hall–Kier alpha value is 0.662. The monoisotopic (exact) mass is 526 g/mol. The van der Waals surface area contributed by atoms with E-state index in [-0.39, 0.29) is 0 Å². The number of hydrogen-bond donors (Lipinski definition) is 0. The molecule has 27 heavy (non-hydrogen) atoms. The first-order valence-corrected chi connectivity index (χ1v) is 20.9. The molecule has 0 fully saturated rings. The standard InChI is InChI=1S/2C11H19Si.2ClH.Mo/c2*1-4-12(5-2,6-3)11-9-7-8-10-11;;;/h2*7,9H,4-6,8H2,1-3H3;2*1H;/q2*-1;;;+2/p-2. The predicted octanol–water partition coefficient (Wildman–Crippen LogP) is 8.82. The van der Waals surface area contributed by atoms with Crippen LogP contribution in [0.4, 0.5) is 0 Å². The molecule has 0 heterocycles. The third-order valence-electron chi connectivity index (χ3n) is 6.59. The summed E-state index contributed by atoms with van der Waals surface area (Å²) in [7, 11) is 7.66. The molecule has 0 aromatic carbocycles. The molecule has 0 aromatic heterocycles. The van der Waals surface area contributed by atoms with Gasteiger partial charge in [0, 0.05) is 16.1 Å². The van der Waals surface area contributed by atoms with E-state index in [1.54, 1.807) is 10.4 Å². The molecule has 0 unspecified atom stereocenters. The zero-order valence-corrected chi connectivity index (χ0v) is 23.6. The zero-order chi connectivity index (χ0) is 20.8. The molecule has 0 saturated heterocycles. The second kappa shape index (κ2) is 15.5. The Morgan fingerprint density at radius 2 is 0.963 bits per heavy atom. The Labute approximate surface area is 188 Å². The van der Waals surface area contributed by atoms with Crippen LogP contribution in [-0.2, 0) is 16.5 Å². The van der Waals surface area contributed by atoms with E-state index in [4.69, 9.17) is 18.8 Å². The second-order valence-electron chi connectivity index (χ2n) is 7.13. The van der Waals surface area contributed by atoms with Crippen molar-refractivity contribution in [3.05, 3.63) is 46.8 Å². The fourth-order valence-corrected chi connectivity index (χ4v) is 11.4. The van der Waals surface area contributed by atoms with Gasteiger partial charge in [-0.25, -0.2) is 22.5 Å². The molecule has 0 saturated carbocycles. The van der Waals surface area contributed by atoms with Crippen molar-refractivity contribution in [3.8, 4) is 0 Å². The van der Waals surface area contributed by atoms with Crippen LogP contribution in [0.15, 0.2) is 34.7 Å². The summed E-state index contributed by atoms with van der Waals surface area (Å²) in [6.07, 6.45) is 18.3. The van der Waals surface area contributed by atoms with Crippen molar-refractivity contribution in [1.29, 1.82) is 0 Å². The van der Waals surface area contributed by atoms with Gasteiger partial charge in [-0.3, -0.25) is 12.2 Å². The molecule has 156 valence electrons. The fourth-order valence-electron chi connectivity index (χ4n) is 4.18. The SMILES string of the molecule is CC[Si](CC)(CC)C1=[C-]CC=C1.CC[Si](CC)(CC)C1=[C-]CC=C1.[Cl][Mo][Cl]. The minimum absolute atomic E-state index is 0.586. The van der Waals surface area contributed by atoms with E-state index >= 15 is 0 Å². The van der Waals surface area contributed by atoms with Crippen LogP contribution in [0.5, 0.6) is 0 Å². The first-order chi connectivity index (χ1) is 13.0. The van der Waals surface area contributed by atoms with Crippen LogP contribution in [0, 0.1) is 12.2 Å². The van der Waals surface area contributed by atoms with Crippen LogP contribution in [0.2, 0.25) is 36.3 Å². The van der Waals surface area contributed by atoms with Gasteiger partial charge in [-0.2, -0.15) is 12.2 Å². The molecule has 0 amide bonds. The van der Waals surface area contributed by atoms with Gasteiger partial charge < -0.3 is 0 Å². The second-order valence-corrected chi connectivity index (χ2v) is 20.6. The van der Waals surface area contributed by atoms with Gasteiger partial charge in [0.1, 0.15) is 0 Å². The summed E-state index contributed by atoms with van der Waals surface area (Å²) in [5.41, 5.74) is 0. The molecule has 2 aliphatic carbocycles. The predicted molar refractivity (Wildman–Crippen MR) is 127 cm³/mol. The van der Waals surface area contributed by atoms with Crippen molar-refractivity contribution in [2.45, 2.75) is 90.6 Å². The Morgan fingerprint density at radius 3 is 1.11 bits per heavy atom. The first-order valence-electron chi connectivity index (χ1n) is 10.4. The third-order valence-corrected chi connectivity index (χ3v) is 17.7. The summed E-state index contributed by atoms with van der Waals surface area (Å²) in [6, 6.07) is 8.29. The minimum atomic E-state index is -1.07. The molecule has 0 spiro atoms. The average Bonchev–Trinajstić information content (AvgIpc) is 3.42. The van der Waals surface area contributed by atoms with E-state index in [0.29, 0.717) is 0 Å². The molecule has 0 aromatic rings. The average molecular weight is 526 g/mol. The maximum atomic E-state index is 4.89.